The topological polar surface area (TPSA) is 75.8 Å². The summed E-state index contributed by atoms with van der Waals surface area (Å²) in [5.74, 6) is -0.158. The van der Waals surface area contributed by atoms with Crippen molar-refractivity contribution in [1.82, 2.24) is 10.1 Å². The Morgan fingerprint density at radius 1 is 1.61 bits per heavy atom. The minimum atomic E-state index is -0.682. The van der Waals surface area contributed by atoms with Crippen LogP contribution < -0.4 is 0 Å². The standard InChI is InChI=1S/C12H18N2O4/c1-17-8-11-6-10(13-18-11)7-14-4-2-9(3-5-14)12(15)16/h6,9H,2-5,7-8H2,1H3,(H,15,16). The van der Waals surface area contributed by atoms with Crippen LogP contribution in [0.2, 0.25) is 0 Å². The largest absolute Gasteiger partial charge is 0.481 e. The number of hydrogen-bond acceptors (Lipinski definition) is 5. The normalized spacial score (nSPS) is 18.1. The average Bonchev–Trinajstić information content (AvgIpc) is 2.78. The smallest absolute Gasteiger partial charge is 0.306 e. The Labute approximate surface area is 106 Å². The summed E-state index contributed by atoms with van der Waals surface area (Å²) < 4.78 is 10.1. The summed E-state index contributed by atoms with van der Waals surface area (Å²) >= 11 is 0. The van der Waals surface area contributed by atoms with Crippen molar-refractivity contribution in [1.29, 1.82) is 0 Å². The predicted molar refractivity (Wildman–Crippen MR) is 62.9 cm³/mol. The van der Waals surface area contributed by atoms with Gasteiger partial charge in [-0.05, 0) is 25.9 Å². The summed E-state index contributed by atoms with van der Waals surface area (Å²) in [7, 11) is 1.61. The van der Waals surface area contributed by atoms with Crippen LogP contribution in [-0.2, 0) is 22.7 Å². The minimum Gasteiger partial charge on any atom is -0.481 e. The molecule has 1 aliphatic heterocycles. The van der Waals surface area contributed by atoms with E-state index < -0.39 is 5.97 Å². The highest BCUT2D eigenvalue weighted by Gasteiger charge is 2.24. The lowest BCUT2D eigenvalue weighted by atomic mass is 9.97. The number of carboxylic acids is 1. The molecule has 0 aliphatic carbocycles. The van der Waals surface area contributed by atoms with Crippen LogP contribution in [0, 0.1) is 5.92 Å². The zero-order valence-corrected chi connectivity index (χ0v) is 10.5. The third-order valence-corrected chi connectivity index (χ3v) is 3.22. The molecule has 0 saturated carbocycles. The highest BCUT2D eigenvalue weighted by molar-refractivity contribution is 5.70. The molecule has 18 heavy (non-hydrogen) atoms. The maximum absolute atomic E-state index is 10.8. The van der Waals surface area contributed by atoms with Gasteiger partial charge >= 0.3 is 5.97 Å². The van der Waals surface area contributed by atoms with Gasteiger partial charge in [-0.1, -0.05) is 5.16 Å². The van der Waals surface area contributed by atoms with Crippen molar-refractivity contribution in [2.45, 2.75) is 26.0 Å². The summed E-state index contributed by atoms with van der Waals surface area (Å²) in [6.07, 6.45) is 1.41. The molecule has 6 heteroatoms. The quantitative estimate of drug-likeness (QED) is 0.848. The van der Waals surface area contributed by atoms with Crippen LogP contribution in [0.4, 0.5) is 0 Å². The fourth-order valence-corrected chi connectivity index (χ4v) is 2.21. The van der Waals surface area contributed by atoms with Crippen molar-refractivity contribution in [2.75, 3.05) is 20.2 Å². The Kier molecular flexibility index (Phi) is 4.33. The molecule has 1 N–H and O–H groups in total. The lowest BCUT2D eigenvalue weighted by Crippen LogP contribution is -2.35. The number of aromatic nitrogens is 1. The zero-order chi connectivity index (χ0) is 13.0. The number of nitrogens with zero attached hydrogens (tertiary/aromatic N) is 2. The van der Waals surface area contributed by atoms with Gasteiger partial charge in [0.2, 0.25) is 0 Å². The summed E-state index contributed by atoms with van der Waals surface area (Å²) in [5.41, 5.74) is 0.871. The van der Waals surface area contributed by atoms with Gasteiger partial charge in [0, 0.05) is 19.7 Å². The first kappa shape index (κ1) is 13.0. The second-order valence-electron chi connectivity index (χ2n) is 4.61. The molecule has 100 valence electrons. The minimum absolute atomic E-state index is 0.192. The molecule has 1 aliphatic rings. The van der Waals surface area contributed by atoms with Crippen molar-refractivity contribution in [3.05, 3.63) is 17.5 Å². The number of hydrogen-bond donors (Lipinski definition) is 1. The molecule has 6 nitrogen and oxygen atoms in total. The van der Waals surface area contributed by atoms with Crippen molar-refractivity contribution in [3.8, 4) is 0 Å². The molecule has 2 rings (SSSR count). The van der Waals surface area contributed by atoms with Crippen molar-refractivity contribution < 1.29 is 19.2 Å². The highest BCUT2D eigenvalue weighted by Crippen LogP contribution is 2.19. The van der Waals surface area contributed by atoms with Crippen LogP contribution in [-0.4, -0.2) is 41.3 Å². The Morgan fingerprint density at radius 2 is 2.33 bits per heavy atom. The van der Waals surface area contributed by atoms with Gasteiger partial charge < -0.3 is 14.4 Å². The van der Waals surface area contributed by atoms with Crippen LogP contribution in [0.5, 0.6) is 0 Å². The van der Waals surface area contributed by atoms with E-state index in [1.54, 1.807) is 7.11 Å². The van der Waals surface area contributed by atoms with Gasteiger partial charge in [-0.2, -0.15) is 0 Å². The van der Waals surface area contributed by atoms with Gasteiger partial charge in [-0.3, -0.25) is 9.69 Å². The second-order valence-corrected chi connectivity index (χ2v) is 4.61. The fraction of sp³-hybridized carbons (Fsp3) is 0.667. The van der Waals surface area contributed by atoms with Crippen LogP contribution in [0.1, 0.15) is 24.3 Å². The first-order chi connectivity index (χ1) is 8.69. The summed E-state index contributed by atoms with van der Waals surface area (Å²) in [6.45, 7) is 2.72. The molecule has 0 spiro atoms. The number of rotatable bonds is 5. The molecule has 0 radical (unpaired) electrons. The molecular weight excluding hydrogens is 236 g/mol. The van der Waals surface area contributed by atoms with Crippen molar-refractivity contribution >= 4 is 5.97 Å². The number of ether oxygens (including phenoxy) is 1. The van der Waals surface area contributed by atoms with Gasteiger partial charge in [0.1, 0.15) is 6.61 Å². The molecular formula is C12H18N2O4. The number of piperidine rings is 1. The zero-order valence-electron chi connectivity index (χ0n) is 10.5. The number of carboxylic acid groups (broad SMARTS) is 1. The van der Waals surface area contributed by atoms with Crippen LogP contribution >= 0.6 is 0 Å². The molecule has 0 aromatic carbocycles. The van der Waals surface area contributed by atoms with Crippen LogP contribution in [0.25, 0.3) is 0 Å². The van der Waals surface area contributed by atoms with Gasteiger partial charge in [0.15, 0.2) is 5.76 Å². The molecule has 1 aromatic heterocycles. The monoisotopic (exact) mass is 254 g/mol. The van der Waals surface area contributed by atoms with Crippen molar-refractivity contribution in [2.24, 2.45) is 5.92 Å². The molecule has 2 heterocycles. The van der Waals surface area contributed by atoms with Crippen molar-refractivity contribution in [3.63, 3.8) is 0 Å². The molecule has 1 aromatic rings. The molecule has 0 atom stereocenters. The lowest BCUT2D eigenvalue weighted by molar-refractivity contribution is -0.143. The van der Waals surface area contributed by atoms with E-state index >= 15 is 0 Å². The van der Waals surface area contributed by atoms with E-state index in [1.807, 2.05) is 6.07 Å². The summed E-state index contributed by atoms with van der Waals surface area (Å²) in [4.78, 5) is 13.0. The number of carbonyl (C=O) groups is 1. The summed E-state index contributed by atoms with van der Waals surface area (Å²) in [6, 6.07) is 1.88. The Balaban J connectivity index is 1.81. The molecule has 0 bridgehead atoms. The van der Waals surface area contributed by atoms with E-state index in [0.717, 1.165) is 18.8 Å². The van der Waals surface area contributed by atoms with E-state index in [1.165, 1.54) is 0 Å². The SMILES string of the molecule is COCc1cc(CN2CCC(C(=O)O)CC2)no1. The predicted octanol–water partition coefficient (Wildman–Crippen LogP) is 1.12. The molecule has 0 amide bonds. The first-order valence-electron chi connectivity index (χ1n) is 6.07. The first-order valence-corrected chi connectivity index (χ1v) is 6.07. The van der Waals surface area contributed by atoms with Gasteiger partial charge in [-0.25, -0.2) is 0 Å². The number of methoxy groups -OCH3 is 1. The van der Waals surface area contributed by atoms with Crippen LogP contribution in [0.15, 0.2) is 10.6 Å². The van der Waals surface area contributed by atoms with E-state index in [0.29, 0.717) is 31.8 Å². The van der Waals surface area contributed by atoms with E-state index in [-0.39, 0.29) is 5.92 Å². The lowest BCUT2D eigenvalue weighted by Gasteiger charge is -2.29. The van der Waals surface area contributed by atoms with E-state index in [9.17, 15) is 4.79 Å². The third-order valence-electron chi connectivity index (χ3n) is 3.22. The molecule has 1 fully saturated rings. The Bertz CT molecular complexity index is 397. The van der Waals surface area contributed by atoms with Gasteiger partial charge in [-0.15, -0.1) is 0 Å². The number of aliphatic carboxylic acids is 1. The van der Waals surface area contributed by atoms with Crippen LogP contribution in [0.3, 0.4) is 0 Å². The Morgan fingerprint density at radius 3 is 2.94 bits per heavy atom. The maximum atomic E-state index is 10.8. The van der Waals surface area contributed by atoms with E-state index in [4.69, 9.17) is 14.4 Å². The highest BCUT2D eigenvalue weighted by atomic mass is 16.5. The fourth-order valence-electron chi connectivity index (χ4n) is 2.21. The third kappa shape index (κ3) is 3.30. The second kappa shape index (κ2) is 5.97. The maximum Gasteiger partial charge on any atom is 0.306 e. The number of likely N-dealkylation sites (tertiary alicyclic amines) is 1. The van der Waals surface area contributed by atoms with Gasteiger partial charge in [0.05, 0.1) is 11.6 Å². The summed E-state index contributed by atoms with van der Waals surface area (Å²) in [5, 5.41) is 12.9. The molecule has 1 saturated heterocycles. The van der Waals surface area contributed by atoms with E-state index in [2.05, 4.69) is 10.1 Å². The molecule has 0 unspecified atom stereocenters. The van der Waals surface area contributed by atoms with Gasteiger partial charge in [0.25, 0.3) is 0 Å². The average molecular weight is 254 g/mol. The Hall–Kier alpha value is -1.40.